The number of piperidine rings is 1. The SMILES string of the molecule is Cc1nc2c3ccccc3nn2c(C)c1CCC(=O)N1CCN(C2CCCN(C)C2)CC1. The highest BCUT2D eigenvalue weighted by atomic mass is 16.2. The fourth-order valence-corrected chi connectivity index (χ4v) is 5.50. The van der Waals surface area contributed by atoms with Crippen molar-refractivity contribution in [3.8, 4) is 0 Å². The number of carbonyl (C=O) groups excluding carboxylic acids is 1. The van der Waals surface area contributed by atoms with E-state index in [9.17, 15) is 4.79 Å². The van der Waals surface area contributed by atoms with Crippen molar-refractivity contribution in [3.05, 3.63) is 41.2 Å². The summed E-state index contributed by atoms with van der Waals surface area (Å²) in [5, 5.41) is 5.81. The van der Waals surface area contributed by atoms with Gasteiger partial charge in [-0.15, -0.1) is 0 Å². The highest BCUT2D eigenvalue weighted by Crippen LogP contribution is 2.23. The van der Waals surface area contributed by atoms with Gasteiger partial charge in [-0.2, -0.15) is 5.10 Å². The van der Waals surface area contributed by atoms with Crippen LogP contribution in [0.15, 0.2) is 24.3 Å². The van der Waals surface area contributed by atoms with Crippen LogP contribution in [0.2, 0.25) is 0 Å². The van der Waals surface area contributed by atoms with E-state index in [0.29, 0.717) is 18.9 Å². The molecule has 0 N–H and O–H groups in total. The Kier molecular flexibility index (Phi) is 5.86. The molecule has 2 aromatic heterocycles. The number of hydrogen-bond donors (Lipinski definition) is 0. The first-order valence-electron chi connectivity index (χ1n) is 11.9. The molecule has 2 saturated heterocycles. The molecular formula is C25H34N6O. The van der Waals surface area contributed by atoms with Crippen molar-refractivity contribution < 1.29 is 4.79 Å². The number of aryl methyl sites for hydroxylation is 2. The number of hydrogen-bond acceptors (Lipinski definition) is 5. The Bertz CT molecular complexity index is 1130. The molecule has 2 aliphatic heterocycles. The van der Waals surface area contributed by atoms with E-state index in [1.807, 2.05) is 22.7 Å². The van der Waals surface area contributed by atoms with Crippen LogP contribution in [-0.2, 0) is 11.2 Å². The number of carbonyl (C=O) groups is 1. The molecule has 2 fully saturated rings. The number of fused-ring (bicyclic) bond motifs is 3. The summed E-state index contributed by atoms with van der Waals surface area (Å²) in [7, 11) is 2.22. The predicted octanol–water partition coefficient (Wildman–Crippen LogP) is 2.67. The second-order valence-corrected chi connectivity index (χ2v) is 9.49. The highest BCUT2D eigenvalue weighted by Gasteiger charge is 2.28. The Hall–Kier alpha value is -2.51. The molecule has 0 radical (unpaired) electrons. The van der Waals surface area contributed by atoms with Gasteiger partial charge in [-0.05, 0) is 64.4 Å². The van der Waals surface area contributed by atoms with Crippen molar-refractivity contribution >= 4 is 22.5 Å². The number of aromatic nitrogens is 3. The van der Waals surface area contributed by atoms with Crippen molar-refractivity contribution in [1.82, 2.24) is 29.3 Å². The normalized spacial score (nSPS) is 21.0. The predicted molar refractivity (Wildman–Crippen MR) is 127 cm³/mol. The minimum absolute atomic E-state index is 0.259. The first-order valence-corrected chi connectivity index (χ1v) is 11.9. The van der Waals surface area contributed by atoms with Crippen molar-refractivity contribution in [3.63, 3.8) is 0 Å². The topological polar surface area (TPSA) is 57.0 Å². The van der Waals surface area contributed by atoms with E-state index < -0.39 is 0 Å². The average molecular weight is 435 g/mol. The molecule has 0 saturated carbocycles. The van der Waals surface area contributed by atoms with Gasteiger partial charge < -0.3 is 9.80 Å². The van der Waals surface area contributed by atoms with Gasteiger partial charge in [0.2, 0.25) is 5.91 Å². The molecule has 7 heteroatoms. The summed E-state index contributed by atoms with van der Waals surface area (Å²) in [5.74, 6) is 0.259. The van der Waals surface area contributed by atoms with Gasteiger partial charge >= 0.3 is 0 Å². The largest absolute Gasteiger partial charge is 0.340 e. The molecule has 1 aromatic carbocycles. The van der Waals surface area contributed by atoms with Crippen LogP contribution in [0.5, 0.6) is 0 Å². The molecule has 170 valence electrons. The van der Waals surface area contributed by atoms with Crippen molar-refractivity contribution in [2.24, 2.45) is 0 Å². The molecular weight excluding hydrogens is 400 g/mol. The quantitative estimate of drug-likeness (QED) is 0.632. The number of rotatable bonds is 4. The van der Waals surface area contributed by atoms with E-state index in [1.54, 1.807) is 0 Å². The zero-order chi connectivity index (χ0) is 22.2. The van der Waals surface area contributed by atoms with Crippen molar-refractivity contribution in [2.45, 2.75) is 45.6 Å². The third-order valence-electron chi connectivity index (χ3n) is 7.39. The summed E-state index contributed by atoms with van der Waals surface area (Å²) >= 11 is 0. The molecule has 1 amide bonds. The number of amides is 1. The Balaban J connectivity index is 1.23. The van der Waals surface area contributed by atoms with Gasteiger partial charge in [0.15, 0.2) is 5.65 Å². The van der Waals surface area contributed by atoms with Gasteiger partial charge in [0.05, 0.1) is 5.52 Å². The summed E-state index contributed by atoms with van der Waals surface area (Å²) < 4.78 is 1.94. The van der Waals surface area contributed by atoms with Gasteiger partial charge in [-0.3, -0.25) is 9.69 Å². The zero-order valence-electron chi connectivity index (χ0n) is 19.5. The summed E-state index contributed by atoms with van der Waals surface area (Å²) in [6.45, 7) is 10.2. The number of likely N-dealkylation sites (N-methyl/N-ethyl adjacent to an activating group) is 1. The fourth-order valence-electron chi connectivity index (χ4n) is 5.50. The molecule has 7 nitrogen and oxygen atoms in total. The summed E-state index contributed by atoms with van der Waals surface area (Å²) in [6, 6.07) is 8.77. The third-order valence-corrected chi connectivity index (χ3v) is 7.39. The van der Waals surface area contributed by atoms with Gasteiger partial charge in [0.25, 0.3) is 0 Å². The molecule has 1 unspecified atom stereocenters. The van der Waals surface area contributed by atoms with Crippen LogP contribution in [-0.4, -0.2) is 87.6 Å². The monoisotopic (exact) mass is 434 g/mol. The van der Waals surface area contributed by atoms with Crippen LogP contribution in [0.3, 0.4) is 0 Å². The highest BCUT2D eigenvalue weighted by molar-refractivity contribution is 5.92. The number of likely N-dealkylation sites (tertiary alicyclic amines) is 1. The van der Waals surface area contributed by atoms with Crippen molar-refractivity contribution in [2.75, 3.05) is 46.3 Å². The molecule has 4 heterocycles. The van der Waals surface area contributed by atoms with E-state index >= 15 is 0 Å². The lowest BCUT2D eigenvalue weighted by Crippen LogP contribution is -2.55. The Labute approximate surface area is 190 Å². The van der Waals surface area contributed by atoms with E-state index in [-0.39, 0.29) is 5.91 Å². The van der Waals surface area contributed by atoms with E-state index in [2.05, 4.69) is 41.7 Å². The molecule has 32 heavy (non-hydrogen) atoms. The molecule has 0 spiro atoms. The molecule has 0 bridgehead atoms. The minimum Gasteiger partial charge on any atom is -0.340 e. The van der Waals surface area contributed by atoms with Crippen LogP contribution in [0, 0.1) is 13.8 Å². The maximum atomic E-state index is 13.0. The van der Waals surface area contributed by atoms with E-state index in [1.165, 1.54) is 19.4 Å². The molecule has 3 aromatic rings. The van der Waals surface area contributed by atoms with Crippen LogP contribution in [0.4, 0.5) is 0 Å². The van der Waals surface area contributed by atoms with E-state index in [4.69, 9.17) is 10.1 Å². The van der Waals surface area contributed by atoms with Gasteiger partial charge in [-0.25, -0.2) is 9.50 Å². The smallest absolute Gasteiger partial charge is 0.222 e. The first-order chi connectivity index (χ1) is 15.5. The lowest BCUT2D eigenvalue weighted by atomic mass is 10.0. The summed E-state index contributed by atoms with van der Waals surface area (Å²) in [6.07, 6.45) is 3.81. The van der Waals surface area contributed by atoms with Gasteiger partial charge in [0.1, 0.15) is 0 Å². The number of benzene rings is 1. The Morgan fingerprint density at radius 1 is 1.09 bits per heavy atom. The zero-order valence-corrected chi connectivity index (χ0v) is 19.5. The minimum atomic E-state index is 0.259. The summed E-state index contributed by atoms with van der Waals surface area (Å²) in [4.78, 5) is 24.9. The standard InChI is InChI=1S/C25H34N6O/c1-18-21(19(2)31-25(26-18)22-8-4-5-9-23(22)27-31)10-11-24(32)30-15-13-29(14-16-30)20-7-6-12-28(3)17-20/h4-5,8-9,20H,6-7,10-17H2,1-3H3. The lowest BCUT2D eigenvalue weighted by Gasteiger charge is -2.42. The Morgan fingerprint density at radius 2 is 1.88 bits per heavy atom. The first kappa shape index (κ1) is 21.3. The van der Waals surface area contributed by atoms with Crippen LogP contribution in [0.25, 0.3) is 16.6 Å². The molecule has 2 aliphatic rings. The molecule has 0 aliphatic carbocycles. The van der Waals surface area contributed by atoms with Gasteiger partial charge in [0, 0.05) is 62.0 Å². The van der Waals surface area contributed by atoms with E-state index in [0.717, 1.165) is 66.2 Å². The molecule has 5 rings (SSSR count). The lowest BCUT2D eigenvalue weighted by molar-refractivity contribution is -0.133. The average Bonchev–Trinajstić information content (AvgIpc) is 3.18. The fraction of sp³-hybridized carbons (Fsp3) is 0.560. The van der Waals surface area contributed by atoms with Gasteiger partial charge in [-0.1, -0.05) is 12.1 Å². The van der Waals surface area contributed by atoms with Crippen LogP contribution < -0.4 is 0 Å². The molecule has 1 atom stereocenters. The maximum Gasteiger partial charge on any atom is 0.222 e. The van der Waals surface area contributed by atoms with Crippen molar-refractivity contribution in [1.29, 1.82) is 0 Å². The number of nitrogens with zero attached hydrogens (tertiary/aromatic N) is 6. The summed E-state index contributed by atoms with van der Waals surface area (Å²) in [5.41, 5.74) is 5.08. The van der Waals surface area contributed by atoms with Crippen LogP contribution >= 0.6 is 0 Å². The Morgan fingerprint density at radius 3 is 2.66 bits per heavy atom. The van der Waals surface area contributed by atoms with Crippen LogP contribution in [0.1, 0.15) is 36.2 Å². The second kappa shape index (κ2) is 8.79. The third kappa shape index (κ3) is 3.99. The maximum absolute atomic E-state index is 13.0. The second-order valence-electron chi connectivity index (χ2n) is 9.49. The number of piperazine rings is 1.